The van der Waals surface area contributed by atoms with Crippen LogP contribution in [-0.2, 0) is 9.47 Å². The lowest BCUT2D eigenvalue weighted by Crippen LogP contribution is -2.41. The van der Waals surface area contributed by atoms with Crippen LogP contribution in [0.5, 0.6) is 0 Å². The third-order valence-corrected chi connectivity index (χ3v) is 4.23. The largest absolute Gasteiger partial charge is 0.385 e. The van der Waals surface area contributed by atoms with E-state index in [2.05, 4.69) is 53.6 Å². The fraction of sp³-hybridized carbons (Fsp3) is 0.667. The van der Waals surface area contributed by atoms with Crippen molar-refractivity contribution < 1.29 is 9.47 Å². The summed E-state index contributed by atoms with van der Waals surface area (Å²) >= 11 is 0. The van der Waals surface area contributed by atoms with Gasteiger partial charge in [-0.05, 0) is 39.3 Å². The molecular weight excluding hydrogens is 467 g/mol. The number of ether oxygens (including phenoxy) is 2. The summed E-state index contributed by atoms with van der Waals surface area (Å²) in [6.45, 7) is 10.2. The molecule has 0 aliphatic carbocycles. The van der Waals surface area contributed by atoms with E-state index >= 15 is 0 Å². The molecule has 0 aliphatic rings. The number of nitrogens with zero attached hydrogens (tertiary/aromatic N) is 2. The molecule has 6 nitrogen and oxygen atoms in total. The maximum atomic E-state index is 5.90. The Hall–Kier alpha value is -0.900. The van der Waals surface area contributed by atoms with Crippen LogP contribution in [0.1, 0.15) is 38.4 Å². The fourth-order valence-electron chi connectivity index (χ4n) is 2.63. The molecule has 0 saturated carbocycles. The molecule has 0 aliphatic heterocycles. The Morgan fingerprint density at radius 3 is 2.54 bits per heavy atom. The zero-order valence-electron chi connectivity index (χ0n) is 17.9. The quantitative estimate of drug-likeness (QED) is 0.176. The molecule has 1 unspecified atom stereocenters. The minimum atomic E-state index is 0. The molecule has 162 valence electrons. The molecule has 7 heteroatoms. The zero-order valence-corrected chi connectivity index (χ0v) is 20.3. The Balaban J connectivity index is 0.00000729. The van der Waals surface area contributed by atoms with Gasteiger partial charge in [-0.25, -0.2) is 0 Å². The van der Waals surface area contributed by atoms with Crippen LogP contribution >= 0.6 is 24.0 Å². The normalized spacial score (nSPS) is 12.5. The maximum Gasteiger partial charge on any atom is 0.191 e. The van der Waals surface area contributed by atoms with Crippen molar-refractivity contribution in [2.75, 3.05) is 60.1 Å². The highest BCUT2D eigenvalue weighted by Gasteiger charge is 2.04. The van der Waals surface area contributed by atoms with E-state index in [9.17, 15) is 0 Å². The first-order valence-corrected chi connectivity index (χ1v) is 10.0. The van der Waals surface area contributed by atoms with E-state index in [4.69, 9.17) is 9.47 Å². The summed E-state index contributed by atoms with van der Waals surface area (Å²) < 4.78 is 11.0. The first-order chi connectivity index (χ1) is 13.2. The van der Waals surface area contributed by atoms with Gasteiger partial charge in [-0.1, -0.05) is 30.3 Å². The van der Waals surface area contributed by atoms with E-state index < -0.39 is 0 Å². The van der Waals surface area contributed by atoms with Crippen molar-refractivity contribution in [3.05, 3.63) is 35.9 Å². The van der Waals surface area contributed by atoms with Crippen LogP contribution in [0.25, 0.3) is 0 Å². The van der Waals surface area contributed by atoms with Gasteiger partial charge in [0.1, 0.15) is 0 Å². The van der Waals surface area contributed by atoms with Crippen LogP contribution in [0, 0.1) is 0 Å². The highest BCUT2D eigenvalue weighted by atomic mass is 127. The number of guanidine groups is 1. The number of aliphatic imine (C=N–C) groups is 1. The molecule has 1 aromatic carbocycles. The number of benzene rings is 1. The standard InChI is InChI=1S/C21H38N4O2.HI/c1-5-22-21(24-14-16-25(3)15-10-17-26-4)23-13-9-18-27-19(2)20-11-7-6-8-12-20;/h6-8,11-12,19H,5,9-10,13-18H2,1-4H3,(H2,22,23,24);1H. The molecule has 1 atom stereocenters. The average Bonchev–Trinajstić information content (AvgIpc) is 2.68. The van der Waals surface area contributed by atoms with Gasteiger partial charge in [0, 0.05) is 53.0 Å². The Morgan fingerprint density at radius 2 is 1.86 bits per heavy atom. The fourth-order valence-corrected chi connectivity index (χ4v) is 2.63. The predicted octanol–water partition coefficient (Wildman–Crippen LogP) is 3.30. The number of nitrogens with one attached hydrogen (secondary N) is 2. The van der Waals surface area contributed by atoms with Gasteiger partial charge in [0.25, 0.3) is 0 Å². The minimum absolute atomic E-state index is 0. The molecule has 2 N–H and O–H groups in total. The smallest absolute Gasteiger partial charge is 0.191 e. The lowest BCUT2D eigenvalue weighted by Gasteiger charge is -2.18. The number of hydrogen-bond donors (Lipinski definition) is 2. The minimum Gasteiger partial charge on any atom is -0.385 e. The summed E-state index contributed by atoms with van der Waals surface area (Å²) in [6.07, 6.45) is 2.09. The van der Waals surface area contributed by atoms with Gasteiger partial charge in [-0.3, -0.25) is 4.99 Å². The lowest BCUT2D eigenvalue weighted by atomic mass is 10.1. The van der Waals surface area contributed by atoms with Crippen LogP contribution in [0.15, 0.2) is 35.3 Å². The van der Waals surface area contributed by atoms with E-state index in [-0.39, 0.29) is 30.1 Å². The summed E-state index contributed by atoms with van der Waals surface area (Å²) in [6, 6.07) is 10.3. The van der Waals surface area contributed by atoms with Gasteiger partial charge in [0.2, 0.25) is 0 Å². The first kappa shape index (κ1) is 27.1. The van der Waals surface area contributed by atoms with Crippen LogP contribution in [-0.4, -0.2) is 71.0 Å². The average molecular weight is 506 g/mol. The van der Waals surface area contributed by atoms with Crippen LogP contribution < -0.4 is 10.6 Å². The topological polar surface area (TPSA) is 58.1 Å². The highest BCUT2D eigenvalue weighted by molar-refractivity contribution is 14.0. The van der Waals surface area contributed by atoms with Crippen molar-refractivity contribution in [2.24, 2.45) is 4.99 Å². The second-order valence-electron chi connectivity index (χ2n) is 6.61. The SMILES string of the molecule is CCNC(=NCCCOC(C)c1ccccc1)NCCN(C)CCCOC.I. The zero-order chi connectivity index (χ0) is 19.7. The summed E-state index contributed by atoms with van der Waals surface area (Å²) in [5.41, 5.74) is 1.21. The molecular formula is C21H39IN4O2. The molecule has 0 radical (unpaired) electrons. The Bertz CT molecular complexity index is 502. The lowest BCUT2D eigenvalue weighted by molar-refractivity contribution is 0.0652. The second-order valence-corrected chi connectivity index (χ2v) is 6.61. The number of likely N-dealkylation sites (N-methyl/N-ethyl adjacent to an activating group) is 1. The molecule has 0 saturated heterocycles. The summed E-state index contributed by atoms with van der Waals surface area (Å²) in [5.74, 6) is 0.874. The third kappa shape index (κ3) is 13.3. The van der Waals surface area contributed by atoms with Gasteiger partial charge < -0.3 is 25.0 Å². The Labute approximate surface area is 188 Å². The van der Waals surface area contributed by atoms with Gasteiger partial charge in [-0.2, -0.15) is 0 Å². The highest BCUT2D eigenvalue weighted by Crippen LogP contribution is 2.15. The van der Waals surface area contributed by atoms with E-state index in [1.54, 1.807) is 7.11 Å². The molecule has 28 heavy (non-hydrogen) atoms. The molecule has 1 rings (SSSR count). The van der Waals surface area contributed by atoms with Crippen molar-refractivity contribution in [3.63, 3.8) is 0 Å². The monoisotopic (exact) mass is 506 g/mol. The third-order valence-electron chi connectivity index (χ3n) is 4.23. The Morgan fingerprint density at radius 1 is 1.11 bits per heavy atom. The van der Waals surface area contributed by atoms with E-state index in [1.165, 1.54) is 5.56 Å². The summed E-state index contributed by atoms with van der Waals surface area (Å²) in [5, 5.41) is 6.69. The molecule has 0 amide bonds. The second kappa shape index (κ2) is 18.1. The van der Waals surface area contributed by atoms with Crippen molar-refractivity contribution >= 4 is 29.9 Å². The van der Waals surface area contributed by atoms with Crippen molar-refractivity contribution in [1.29, 1.82) is 0 Å². The number of rotatable bonds is 14. The van der Waals surface area contributed by atoms with Gasteiger partial charge in [0.05, 0.1) is 6.10 Å². The number of hydrogen-bond acceptors (Lipinski definition) is 4. The molecule has 0 spiro atoms. The van der Waals surface area contributed by atoms with Gasteiger partial charge >= 0.3 is 0 Å². The number of halogens is 1. The Kier molecular flexibility index (Phi) is 17.6. The summed E-state index contributed by atoms with van der Waals surface area (Å²) in [7, 11) is 3.88. The molecule has 1 aromatic rings. The molecule has 0 aromatic heterocycles. The van der Waals surface area contributed by atoms with E-state index in [0.29, 0.717) is 6.61 Å². The van der Waals surface area contributed by atoms with E-state index in [1.807, 2.05) is 18.2 Å². The van der Waals surface area contributed by atoms with Crippen molar-refractivity contribution in [1.82, 2.24) is 15.5 Å². The summed E-state index contributed by atoms with van der Waals surface area (Å²) in [4.78, 5) is 6.93. The maximum absolute atomic E-state index is 5.90. The first-order valence-electron chi connectivity index (χ1n) is 10.0. The van der Waals surface area contributed by atoms with Crippen LogP contribution in [0.2, 0.25) is 0 Å². The van der Waals surface area contributed by atoms with Gasteiger partial charge in [0.15, 0.2) is 5.96 Å². The van der Waals surface area contributed by atoms with Crippen LogP contribution in [0.3, 0.4) is 0 Å². The van der Waals surface area contributed by atoms with Crippen LogP contribution in [0.4, 0.5) is 0 Å². The molecule has 0 fully saturated rings. The van der Waals surface area contributed by atoms with E-state index in [0.717, 1.165) is 58.1 Å². The molecule has 0 heterocycles. The van der Waals surface area contributed by atoms with Crippen molar-refractivity contribution in [3.8, 4) is 0 Å². The van der Waals surface area contributed by atoms with Gasteiger partial charge in [-0.15, -0.1) is 24.0 Å². The predicted molar refractivity (Wildman–Crippen MR) is 129 cm³/mol. The number of methoxy groups -OCH3 is 1. The van der Waals surface area contributed by atoms with Crippen molar-refractivity contribution in [2.45, 2.75) is 32.8 Å². The molecule has 0 bridgehead atoms.